The summed E-state index contributed by atoms with van der Waals surface area (Å²) in [7, 11) is 0. The van der Waals surface area contributed by atoms with E-state index in [4.69, 9.17) is 0 Å². The van der Waals surface area contributed by atoms with Gasteiger partial charge in [0.1, 0.15) is 0 Å². The van der Waals surface area contributed by atoms with Gasteiger partial charge in [0.25, 0.3) is 0 Å². The van der Waals surface area contributed by atoms with E-state index in [0.717, 1.165) is 0 Å². The molecule has 0 unspecified atom stereocenters. The summed E-state index contributed by atoms with van der Waals surface area (Å²) >= 11 is 0. The minimum Gasteiger partial charge on any atom is -0.0985 e. The Bertz CT molecular complexity index is 333. The molecule has 1 rings (SSSR count). The highest BCUT2D eigenvalue weighted by atomic mass is 14.1. The second-order valence-electron chi connectivity index (χ2n) is 4.77. The molecule has 1 aromatic rings. The Morgan fingerprint density at radius 2 is 1.35 bits per heavy atom. The molecule has 0 amide bonds. The van der Waals surface area contributed by atoms with Crippen LogP contribution in [0.1, 0.15) is 62.3 Å². The lowest BCUT2D eigenvalue weighted by atomic mass is 9.90. The molecular weight excluding hydrogens is 204 g/mol. The predicted octanol–water partition coefficient (Wildman–Crippen LogP) is 5.19. The van der Waals surface area contributed by atoms with Gasteiger partial charge in [-0.25, -0.2) is 0 Å². The summed E-state index contributed by atoms with van der Waals surface area (Å²) in [6, 6.07) is 4.67. The zero-order valence-corrected chi connectivity index (χ0v) is 11.7. The Morgan fingerprint density at radius 3 is 1.71 bits per heavy atom. The average Bonchev–Trinajstić information content (AvgIpc) is 2.33. The van der Waals surface area contributed by atoms with Crippen molar-refractivity contribution in [2.24, 2.45) is 0 Å². The molecule has 0 fully saturated rings. The van der Waals surface area contributed by atoms with Gasteiger partial charge in [-0.15, -0.1) is 0 Å². The van der Waals surface area contributed by atoms with Gasteiger partial charge in [0.05, 0.1) is 0 Å². The Balaban J connectivity index is 3.21. The van der Waals surface area contributed by atoms with Crippen molar-refractivity contribution in [1.82, 2.24) is 0 Å². The van der Waals surface area contributed by atoms with E-state index in [-0.39, 0.29) is 0 Å². The largest absolute Gasteiger partial charge is 0.0985 e. The van der Waals surface area contributed by atoms with Crippen molar-refractivity contribution in [2.75, 3.05) is 0 Å². The molecule has 0 heterocycles. The van der Waals surface area contributed by atoms with Gasteiger partial charge in [0.15, 0.2) is 0 Å². The SMILES string of the molecule is C=Cc1cc(CCC)c(CCC)c(CCC)c1. The van der Waals surface area contributed by atoms with Crippen LogP contribution in [0.4, 0.5) is 0 Å². The molecule has 94 valence electrons. The van der Waals surface area contributed by atoms with Crippen LogP contribution in [-0.2, 0) is 19.3 Å². The average molecular weight is 230 g/mol. The van der Waals surface area contributed by atoms with Crippen LogP contribution in [0.25, 0.3) is 6.08 Å². The van der Waals surface area contributed by atoms with Crippen molar-refractivity contribution in [2.45, 2.75) is 59.3 Å². The molecule has 0 heteroatoms. The van der Waals surface area contributed by atoms with Gasteiger partial charge in [-0.3, -0.25) is 0 Å². The lowest BCUT2D eigenvalue weighted by Crippen LogP contribution is -2.01. The zero-order chi connectivity index (χ0) is 12.7. The maximum Gasteiger partial charge on any atom is -0.0257 e. The summed E-state index contributed by atoms with van der Waals surface area (Å²) in [4.78, 5) is 0. The van der Waals surface area contributed by atoms with E-state index in [1.165, 1.54) is 44.1 Å². The van der Waals surface area contributed by atoms with Crippen LogP contribution in [0.15, 0.2) is 18.7 Å². The third-order valence-electron chi connectivity index (χ3n) is 3.23. The van der Waals surface area contributed by atoms with E-state index >= 15 is 0 Å². The molecule has 0 bridgehead atoms. The Kier molecular flexibility index (Phi) is 6.04. The van der Waals surface area contributed by atoms with Crippen molar-refractivity contribution in [3.63, 3.8) is 0 Å². The first-order chi connectivity index (χ1) is 8.26. The Hall–Kier alpha value is -1.04. The van der Waals surface area contributed by atoms with Gasteiger partial charge in [-0.05, 0) is 41.5 Å². The van der Waals surface area contributed by atoms with Crippen LogP contribution in [-0.4, -0.2) is 0 Å². The van der Waals surface area contributed by atoms with Gasteiger partial charge >= 0.3 is 0 Å². The predicted molar refractivity (Wildman–Crippen MR) is 78.5 cm³/mol. The molecule has 0 aliphatic rings. The van der Waals surface area contributed by atoms with Crippen LogP contribution < -0.4 is 0 Å². The number of rotatable bonds is 7. The second-order valence-corrected chi connectivity index (χ2v) is 4.77. The second kappa shape index (κ2) is 7.32. The third-order valence-corrected chi connectivity index (χ3v) is 3.23. The smallest absolute Gasteiger partial charge is 0.0257 e. The van der Waals surface area contributed by atoms with E-state index in [1.807, 2.05) is 6.08 Å². The molecule has 0 atom stereocenters. The Morgan fingerprint density at radius 1 is 0.882 bits per heavy atom. The van der Waals surface area contributed by atoms with Crippen molar-refractivity contribution < 1.29 is 0 Å². The number of hydrogen-bond acceptors (Lipinski definition) is 0. The maximum atomic E-state index is 3.91. The lowest BCUT2D eigenvalue weighted by Gasteiger charge is -2.15. The Labute approximate surface area is 107 Å². The fraction of sp³-hybridized carbons (Fsp3) is 0.529. The highest BCUT2D eigenvalue weighted by Gasteiger charge is 2.08. The van der Waals surface area contributed by atoms with Crippen molar-refractivity contribution in [3.8, 4) is 0 Å². The van der Waals surface area contributed by atoms with E-state index in [1.54, 1.807) is 16.7 Å². The van der Waals surface area contributed by atoms with Crippen LogP contribution in [0.5, 0.6) is 0 Å². The monoisotopic (exact) mass is 230 g/mol. The number of aryl methyl sites for hydroxylation is 2. The third kappa shape index (κ3) is 3.73. The van der Waals surface area contributed by atoms with Gasteiger partial charge in [-0.2, -0.15) is 0 Å². The number of hydrogen-bond donors (Lipinski definition) is 0. The summed E-state index contributed by atoms with van der Waals surface area (Å²) in [6.07, 6.45) is 9.30. The van der Waals surface area contributed by atoms with Crippen molar-refractivity contribution in [3.05, 3.63) is 41.0 Å². The topological polar surface area (TPSA) is 0 Å². The van der Waals surface area contributed by atoms with Gasteiger partial charge in [-0.1, -0.05) is 64.8 Å². The normalized spacial score (nSPS) is 10.5. The first kappa shape index (κ1) is 14.0. The van der Waals surface area contributed by atoms with E-state index < -0.39 is 0 Å². The van der Waals surface area contributed by atoms with Crippen LogP contribution in [0.3, 0.4) is 0 Å². The minimum absolute atomic E-state index is 1.20. The van der Waals surface area contributed by atoms with E-state index in [9.17, 15) is 0 Å². The van der Waals surface area contributed by atoms with Gasteiger partial charge < -0.3 is 0 Å². The molecule has 0 aliphatic carbocycles. The maximum absolute atomic E-state index is 3.91. The molecule has 0 aliphatic heterocycles. The van der Waals surface area contributed by atoms with Crippen LogP contribution in [0.2, 0.25) is 0 Å². The molecule has 0 radical (unpaired) electrons. The van der Waals surface area contributed by atoms with E-state index in [2.05, 4.69) is 39.5 Å². The molecule has 0 N–H and O–H groups in total. The molecule has 0 nitrogen and oxygen atoms in total. The van der Waals surface area contributed by atoms with E-state index in [0.29, 0.717) is 0 Å². The molecule has 17 heavy (non-hydrogen) atoms. The molecule has 0 aromatic heterocycles. The fourth-order valence-corrected chi connectivity index (χ4v) is 2.50. The molecule has 0 saturated carbocycles. The lowest BCUT2D eigenvalue weighted by molar-refractivity contribution is 0.825. The van der Waals surface area contributed by atoms with Crippen LogP contribution in [0, 0.1) is 0 Å². The first-order valence-corrected chi connectivity index (χ1v) is 7.03. The summed E-state index contributed by atoms with van der Waals surface area (Å²) in [5.74, 6) is 0. The van der Waals surface area contributed by atoms with Gasteiger partial charge in [0.2, 0.25) is 0 Å². The highest BCUT2D eigenvalue weighted by Crippen LogP contribution is 2.23. The number of benzene rings is 1. The van der Waals surface area contributed by atoms with Crippen LogP contribution >= 0.6 is 0 Å². The standard InChI is InChI=1S/C17H26/c1-5-9-15-12-14(8-4)13-16(10-6-2)17(15)11-7-3/h8,12-13H,4-7,9-11H2,1-3H3. The minimum atomic E-state index is 1.20. The molecule has 0 saturated heterocycles. The quantitative estimate of drug-likeness (QED) is 0.605. The summed E-state index contributed by atoms with van der Waals surface area (Å²) < 4.78 is 0. The van der Waals surface area contributed by atoms with Crippen molar-refractivity contribution in [1.29, 1.82) is 0 Å². The molecular formula is C17H26. The summed E-state index contributed by atoms with van der Waals surface area (Å²) in [6.45, 7) is 10.7. The van der Waals surface area contributed by atoms with Gasteiger partial charge in [0, 0.05) is 0 Å². The fourth-order valence-electron chi connectivity index (χ4n) is 2.50. The highest BCUT2D eigenvalue weighted by molar-refractivity contribution is 5.53. The first-order valence-electron chi connectivity index (χ1n) is 7.03. The zero-order valence-electron chi connectivity index (χ0n) is 11.7. The summed E-state index contributed by atoms with van der Waals surface area (Å²) in [5.41, 5.74) is 6.00. The summed E-state index contributed by atoms with van der Waals surface area (Å²) in [5, 5.41) is 0. The van der Waals surface area contributed by atoms with Crippen molar-refractivity contribution >= 4 is 6.08 Å². The molecule has 0 spiro atoms. The molecule has 1 aromatic carbocycles.